The number of carbonyl (C=O) groups is 2. The number of nitro groups is 1. The Morgan fingerprint density at radius 2 is 2.07 bits per heavy atom. The zero-order valence-electron chi connectivity index (χ0n) is 15.4. The molecule has 1 fully saturated rings. The molecule has 1 saturated heterocycles. The van der Waals surface area contributed by atoms with E-state index >= 15 is 0 Å². The summed E-state index contributed by atoms with van der Waals surface area (Å²) in [6, 6.07) is 7.17. The van der Waals surface area contributed by atoms with Crippen LogP contribution in [0, 0.1) is 10.1 Å². The van der Waals surface area contributed by atoms with Crippen molar-refractivity contribution in [2.24, 2.45) is 0 Å². The van der Waals surface area contributed by atoms with Gasteiger partial charge in [0.2, 0.25) is 0 Å². The minimum atomic E-state index is -0.772. The highest BCUT2D eigenvalue weighted by molar-refractivity contribution is 5.97. The highest BCUT2D eigenvalue weighted by atomic mass is 16.6. The van der Waals surface area contributed by atoms with Crippen LogP contribution in [0.25, 0.3) is 0 Å². The Morgan fingerprint density at radius 1 is 1.32 bits per heavy atom. The number of furan rings is 1. The summed E-state index contributed by atoms with van der Waals surface area (Å²) in [5, 5.41) is 13.7. The van der Waals surface area contributed by atoms with Crippen molar-refractivity contribution >= 4 is 23.3 Å². The number of amides is 1. The van der Waals surface area contributed by atoms with Gasteiger partial charge in [0.15, 0.2) is 6.61 Å². The van der Waals surface area contributed by atoms with Gasteiger partial charge in [-0.1, -0.05) is 0 Å². The molecule has 0 radical (unpaired) electrons. The molecule has 1 aromatic carbocycles. The van der Waals surface area contributed by atoms with Crippen molar-refractivity contribution in [2.75, 3.05) is 24.6 Å². The van der Waals surface area contributed by atoms with Gasteiger partial charge >= 0.3 is 5.97 Å². The number of rotatable bonds is 7. The van der Waals surface area contributed by atoms with Gasteiger partial charge in [-0.25, -0.2) is 4.79 Å². The molecule has 0 bridgehead atoms. The van der Waals surface area contributed by atoms with Gasteiger partial charge in [0.25, 0.3) is 11.6 Å². The van der Waals surface area contributed by atoms with Gasteiger partial charge in [-0.3, -0.25) is 14.9 Å². The number of hydrogen-bond donors (Lipinski definition) is 1. The maximum Gasteiger partial charge on any atom is 0.341 e. The topological polar surface area (TPSA) is 115 Å². The summed E-state index contributed by atoms with van der Waals surface area (Å²) in [5.74, 6) is -0.688. The highest BCUT2D eigenvalue weighted by Gasteiger charge is 2.24. The fraction of sp³-hybridized carbons (Fsp3) is 0.368. The normalized spacial score (nSPS) is 14.5. The van der Waals surface area contributed by atoms with E-state index in [0.29, 0.717) is 11.4 Å². The van der Waals surface area contributed by atoms with Gasteiger partial charge < -0.3 is 19.4 Å². The van der Waals surface area contributed by atoms with Gasteiger partial charge in [0.1, 0.15) is 5.76 Å². The largest absolute Gasteiger partial charge is 0.467 e. The van der Waals surface area contributed by atoms with Crippen molar-refractivity contribution in [3.05, 3.63) is 58.0 Å². The number of anilines is 1. The van der Waals surface area contributed by atoms with Crippen molar-refractivity contribution in [1.82, 2.24) is 5.32 Å². The molecular formula is C19H21N3O6. The SMILES string of the molecule is C[C@H](NC(=O)COC(=O)c1cc([N+](=O)[O-])ccc1N1CCCC1)c1ccco1. The van der Waals surface area contributed by atoms with E-state index in [0.717, 1.165) is 25.9 Å². The van der Waals surface area contributed by atoms with Crippen molar-refractivity contribution in [1.29, 1.82) is 0 Å². The van der Waals surface area contributed by atoms with Crippen molar-refractivity contribution in [3.63, 3.8) is 0 Å². The van der Waals surface area contributed by atoms with Crippen LogP contribution in [0.1, 0.15) is 41.9 Å². The van der Waals surface area contributed by atoms with Crippen LogP contribution in [-0.4, -0.2) is 36.5 Å². The first-order valence-electron chi connectivity index (χ1n) is 8.99. The van der Waals surface area contributed by atoms with Crippen LogP contribution < -0.4 is 10.2 Å². The maximum absolute atomic E-state index is 12.5. The molecular weight excluding hydrogens is 366 g/mol. The van der Waals surface area contributed by atoms with E-state index in [-0.39, 0.29) is 17.3 Å². The lowest BCUT2D eigenvalue weighted by Crippen LogP contribution is -2.31. The van der Waals surface area contributed by atoms with Crippen LogP contribution in [0.2, 0.25) is 0 Å². The Balaban J connectivity index is 1.67. The lowest BCUT2D eigenvalue weighted by atomic mass is 10.1. The maximum atomic E-state index is 12.5. The number of nitro benzene ring substituents is 1. The molecule has 1 atom stereocenters. The Kier molecular flexibility index (Phi) is 5.93. The Labute approximate surface area is 161 Å². The number of benzene rings is 1. The molecule has 0 aliphatic carbocycles. The molecule has 148 valence electrons. The van der Waals surface area contributed by atoms with E-state index in [1.165, 1.54) is 18.4 Å². The van der Waals surface area contributed by atoms with E-state index in [2.05, 4.69) is 5.32 Å². The number of esters is 1. The van der Waals surface area contributed by atoms with Gasteiger partial charge in [0.05, 0.1) is 28.5 Å². The second-order valence-electron chi connectivity index (χ2n) is 6.53. The summed E-state index contributed by atoms with van der Waals surface area (Å²) < 4.78 is 10.3. The lowest BCUT2D eigenvalue weighted by molar-refractivity contribution is -0.384. The average molecular weight is 387 g/mol. The number of carbonyl (C=O) groups excluding carboxylic acids is 2. The van der Waals surface area contributed by atoms with E-state index in [1.54, 1.807) is 25.1 Å². The fourth-order valence-electron chi connectivity index (χ4n) is 3.14. The first kappa shape index (κ1) is 19.4. The summed E-state index contributed by atoms with van der Waals surface area (Å²) in [7, 11) is 0. The van der Waals surface area contributed by atoms with Crippen molar-refractivity contribution in [3.8, 4) is 0 Å². The van der Waals surface area contributed by atoms with Crippen LogP contribution in [0.4, 0.5) is 11.4 Å². The Bertz CT molecular complexity index is 859. The monoisotopic (exact) mass is 387 g/mol. The third kappa shape index (κ3) is 4.48. The number of hydrogen-bond acceptors (Lipinski definition) is 7. The molecule has 0 saturated carbocycles. The summed E-state index contributed by atoms with van der Waals surface area (Å²) in [5.41, 5.74) is 0.464. The van der Waals surface area contributed by atoms with Crippen LogP contribution in [0.5, 0.6) is 0 Å². The molecule has 9 heteroatoms. The first-order valence-corrected chi connectivity index (χ1v) is 8.99. The van der Waals surface area contributed by atoms with Gasteiger partial charge in [-0.2, -0.15) is 0 Å². The quantitative estimate of drug-likeness (QED) is 0.441. The van der Waals surface area contributed by atoms with Crippen LogP contribution in [0.3, 0.4) is 0 Å². The molecule has 9 nitrogen and oxygen atoms in total. The first-order chi connectivity index (χ1) is 13.5. The minimum absolute atomic E-state index is 0.0861. The molecule has 1 N–H and O–H groups in total. The molecule has 1 amide bonds. The molecule has 1 aliphatic heterocycles. The Morgan fingerprint density at radius 3 is 2.71 bits per heavy atom. The standard InChI is InChI=1S/C19H21N3O6/c1-13(17-5-4-10-27-17)20-18(23)12-28-19(24)15-11-14(22(25)26)6-7-16(15)21-8-2-3-9-21/h4-7,10-11,13H,2-3,8-9,12H2,1H3,(H,20,23)/t13-/m0/s1. The van der Waals surface area contributed by atoms with Gasteiger partial charge in [-0.05, 0) is 38.0 Å². The molecule has 0 spiro atoms. The van der Waals surface area contributed by atoms with E-state index in [4.69, 9.17) is 9.15 Å². The second kappa shape index (κ2) is 8.55. The smallest absolute Gasteiger partial charge is 0.341 e. The third-order valence-corrected chi connectivity index (χ3v) is 4.54. The summed E-state index contributed by atoms with van der Waals surface area (Å²) in [6.45, 7) is 2.77. The van der Waals surface area contributed by atoms with Crippen LogP contribution in [-0.2, 0) is 9.53 Å². The van der Waals surface area contributed by atoms with Gasteiger partial charge in [0, 0.05) is 25.2 Å². The second-order valence-corrected chi connectivity index (χ2v) is 6.53. The zero-order valence-corrected chi connectivity index (χ0v) is 15.4. The minimum Gasteiger partial charge on any atom is -0.467 e. The number of ether oxygens (including phenoxy) is 1. The van der Waals surface area contributed by atoms with E-state index in [9.17, 15) is 19.7 Å². The third-order valence-electron chi connectivity index (χ3n) is 4.54. The fourth-order valence-corrected chi connectivity index (χ4v) is 3.14. The van der Waals surface area contributed by atoms with E-state index in [1.807, 2.05) is 4.90 Å². The van der Waals surface area contributed by atoms with Gasteiger partial charge in [-0.15, -0.1) is 0 Å². The molecule has 1 aliphatic rings. The van der Waals surface area contributed by atoms with Crippen molar-refractivity contribution < 1.29 is 23.7 Å². The molecule has 1 aromatic heterocycles. The summed E-state index contributed by atoms with van der Waals surface area (Å²) in [6.07, 6.45) is 3.47. The van der Waals surface area contributed by atoms with Crippen LogP contribution in [0.15, 0.2) is 41.0 Å². The summed E-state index contributed by atoms with van der Waals surface area (Å²) >= 11 is 0. The lowest BCUT2D eigenvalue weighted by Gasteiger charge is -2.20. The highest BCUT2D eigenvalue weighted by Crippen LogP contribution is 2.29. The van der Waals surface area contributed by atoms with Crippen molar-refractivity contribution in [2.45, 2.75) is 25.8 Å². The molecule has 3 rings (SSSR count). The number of non-ortho nitro benzene ring substituents is 1. The Hall–Kier alpha value is -3.36. The average Bonchev–Trinajstić information content (AvgIpc) is 3.39. The van der Waals surface area contributed by atoms with Crippen LogP contribution >= 0.6 is 0 Å². The molecule has 0 unspecified atom stereocenters. The zero-order chi connectivity index (χ0) is 20.1. The molecule has 28 heavy (non-hydrogen) atoms. The van der Waals surface area contributed by atoms with E-state index < -0.39 is 23.4 Å². The summed E-state index contributed by atoms with van der Waals surface area (Å²) in [4.78, 5) is 37.1. The molecule has 2 heterocycles. The number of nitrogens with zero attached hydrogens (tertiary/aromatic N) is 2. The number of nitrogens with one attached hydrogen (secondary N) is 1. The predicted molar refractivity (Wildman–Crippen MR) is 100 cm³/mol. The predicted octanol–water partition coefficient (Wildman–Crippen LogP) is 2.82. The molecule has 2 aromatic rings.